The first kappa shape index (κ1) is 22.5. The minimum Gasteiger partial charge on any atom is -0.350 e. The number of carbonyl (C=O) groups excluding carboxylic acids is 1. The summed E-state index contributed by atoms with van der Waals surface area (Å²) in [4.78, 5) is 22.5. The second kappa shape index (κ2) is 10.1. The first-order valence-corrected chi connectivity index (χ1v) is 10.8. The summed E-state index contributed by atoms with van der Waals surface area (Å²) < 4.78 is 27.0. The number of sulfonamides is 1. The van der Waals surface area contributed by atoms with Crippen LogP contribution in [0.15, 0.2) is 59.5 Å². The normalized spacial score (nSPS) is 12.5. The fourth-order valence-corrected chi connectivity index (χ4v) is 4.39. The lowest BCUT2D eigenvalue weighted by Crippen LogP contribution is -2.36. The van der Waals surface area contributed by atoms with Gasteiger partial charge in [0.25, 0.3) is 5.69 Å². The Labute approximate surface area is 170 Å². The molecule has 1 N–H and O–H groups in total. The number of non-ortho nitro benzene ring substituents is 1. The van der Waals surface area contributed by atoms with Gasteiger partial charge in [0, 0.05) is 31.6 Å². The molecule has 0 aromatic heterocycles. The Morgan fingerprint density at radius 1 is 1.10 bits per heavy atom. The van der Waals surface area contributed by atoms with Gasteiger partial charge in [0.1, 0.15) is 0 Å². The van der Waals surface area contributed by atoms with E-state index >= 15 is 0 Å². The van der Waals surface area contributed by atoms with Gasteiger partial charge in [-0.3, -0.25) is 14.9 Å². The lowest BCUT2D eigenvalue weighted by atomic mass is 10.1. The number of benzene rings is 2. The second-order valence-electron chi connectivity index (χ2n) is 6.60. The van der Waals surface area contributed by atoms with E-state index in [4.69, 9.17) is 0 Å². The molecule has 0 spiro atoms. The number of nitro benzene ring substituents is 1. The van der Waals surface area contributed by atoms with Crippen LogP contribution >= 0.6 is 0 Å². The topological polar surface area (TPSA) is 110 Å². The highest BCUT2D eigenvalue weighted by Gasteiger charge is 2.25. The molecule has 0 saturated carbocycles. The van der Waals surface area contributed by atoms with Crippen molar-refractivity contribution < 1.29 is 18.1 Å². The summed E-state index contributed by atoms with van der Waals surface area (Å²) in [5.74, 6) is -0.249. The highest BCUT2D eigenvalue weighted by atomic mass is 32.2. The van der Waals surface area contributed by atoms with Gasteiger partial charge in [0.05, 0.1) is 15.9 Å². The van der Waals surface area contributed by atoms with Crippen molar-refractivity contribution in [3.05, 3.63) is 70.3 Å². The number of hydrogen-bond acceptors (Lipinski definition) is 5. The van der Waals surface area contributed by atoms with Crippen LogP contribution in [0.3, 0.4) is 0 Å². The smallest absolute Gasteiger partial charge is 0.269 e. The molecule has 0 aliphatic rings. The minimum absolute atomic E-state index is 0.0172. The van der Waals surface area contributed by atoms with Gasteiger partial charge in [-0.05, 0) is 31.0 Å². The number of hydrogen-bond donors (Lipinski definition) is 1. The SMILES string of the molecule is CCCN(CCC(=O)NC(C)c1ccccc1)S(=O)(=O)c1ccc([N+](=O)[O-])cc1. The maximum Gasteiger partial charge on any atom is 0.269 e. The van der Waals surface area contributed by atoms with E-state index in [0.29, 0.717) is 6.42 Å². The van der Waals surface area contributed by atoms with E-state index in [1.165, 1.54) is 16.4 Å². The average molecular weight is 420 g/mol. The molecule has 0 fully saturated rings. The molecule has 2 aromatic rings. The summed E-state index contributed by atoms with van der Waals surface area (Å²) in [7, 11) is -3.85. The highest BCUT2D eigenvalue weighted by molar-refractivity contribution is 7.89. The zero-order chi connectivity index (χ0) is 21.4. The molecule has 29 heavy (non-hydrogen) atoms. The molecule has 0 heterocycles. The van der Waals surface area contributed by atoms with Crippen molar-refractivity contribution in [2.45, 2.75) is 37.6 Å². The van der Waals surface area contributed by atoms with Gasteiger partial charge in [0.15, 0.2) is 0 Å². The van der Waals surface area contributed by atoms with Crippen LogP contribution in [0.25, 0.3) is 0 Å². The van der Waals surface area contributed by atoms with Crippen molar-refractivity contribution in [1.29, 1.82) is 0 Å². The third-order valence-electron chi connectivity index (χ3n) is 4.42. The molecule has 0 bridgehead atoms. The van der Waals surface area contributed by atoms with Gasteiger partial charge in [-0.25, -0.2) is 8.42 Å². The molecule has 1 atom stereocenters. The van der Waals surface area contributed by atoms with Gasteiger partial charge in [-0.1, -0.05) is 37.3 Å². The minimum atomic E-state index is -3.85. The van der Waals surface area contributed by atoms with Gasteiger partial charge in [0.2, 0.25) is 15.9 Å². The lowest BCUT2D eigenvalue weighted by molar-refractivity contribution is -0.384. The number of nitrogens with one attached hydrogen (secondary N) is 1. The van der Waals surface area contributed by atoms with Crippen molar-refractivity contribution in [3.63, 3.8) is 0 Å². The van der Waals surface area contributed by atoms with E-state index < -0.39 is 14.9 Å². The number of amides is 1. The van der Waals surface area contributed by atoms with E-state index in [9.17, 15) is 23.3 Å². The molecule has 1 unspecified atom stereocenters. The summed E-state index contributed by atoms with van der Waals surface area (Å²) in [6, 6.07) is 14.0. The zero-order valence-electron chi connectivity index (χ0n) is 16.4. The molecule has 0 radical (unpaired) electrons. The van der Waals surface area contributed by atoms with E-state index in [0.717, 1.165) is 17.7 Å². The Hall–Kier alpha value is -2.78. The Morgan fingerprint density at radius 2 is 1.72 bits per heavy atom. The maximum absolute atomic E-state index is 12.9. The van der Waals surface area contributed by atoms with Gasteiger partial charge in [-0.15, -0.1) is 0 Å². The van der Waals surface area contributed by atoms with E-state index in [2.05, 4.69) is 5.32 Å². The third-order valence-corrected chi connectivity index (χ3v) is 6.34. The van der Waals surface area contributed by atoms with Gasteiger partial charge < -0.3 is 5.32 Å². The van der Waals surface area contributed by atoms with Crippen molar-refractivity contribution in [2.75, 3.05) is 13.1 Å². The second-order valence-corrected chi connectivity index (χ2v) is 8.54. The molecular weight excluding hydrogens is 394 g/mol. The van der Waals surface area contributed by atoms with Crippen LogP contribution in [0.1, 0.15) is 38.3 Å². The Morgan fingerprint density at radius 3 is 2.28 bits per heavy atom. The van der Waals surface area contributed by atoms with Crippen LogP contribution in [0.4, 0.5) is 5.69 Å². The summed E-state index contributed by atoms with van der Waals surface area (Å²) >= 11 is 0. The van der Waals surface area contributed by atoms with Gasteiger partial charge in [-0.2, -0.15) is 4.31 Å². The van der Waals surface area contributed by atoms with Crippen LogP contribution < -0.4 is 5.32 Å². The highest BCUT2D eigenvalue weighted by Crippen LogP contribution is 2.20. The molecule has 0 aliphatic heterocycles. The molecule has 1 amide bonds. The monoisotopic (exact) mass is 419 g/mol. The largest absolute Gasteiger partial charge is 0.350 e. The van der Waals surface area contributed by atoms with E-state index in [1.807, 2.05) is 44.2 Å². The number of nitro groups is 1. The molecule has 2 rings (SSSR count). The summed E-state index contributed by atoms with van der Waals surface area (Å²) in [6.07, 6.45) is 0.595. The van der Waals surface area contributed by atoms with Crippen molar-refractivity contribution in [3.8, 4) is 0 Å². The number of carbonyl (C=O) groups is 1. The van der Waals surface area contributed by atoms with E-state index in [-0.39, 0.29) is 42.0 Å². The van der Waals surface area contributed by atoms with Crippen molar-refractivity contribution in [2.24, 2.45) is 0 Å². The number of nitrogens with zero attached hydrogens (tertiary/aromatic N) is 2. The van der Waals surface area contributed by atoms with Crippen molar-refractivity contribution >= 4 is 21.6 Å². The summed E-state index contributed by atoms with van der Waals surface area (Å²) in [6.45, 7) is 3.99. The first-order chi connectivity index (χ1) is 13.8. The standard InChI is InChI=1S/C20H25N3O5S/c1-3-14-22(29(27,28)19-11-9-18(10-12-19)23(25)26)15-13-20(24)21-16(2)17-7-5-4-6-8-17/h4-12,16H,3,13-15H2,1-2H3,(H,21,24). The molecule has 0 aliphatic carbocycles. The average Bonchev–Trinajstić information content (AvgIpc) is 2.71. The fraction of sp³-hybridized carbons (Fsp3) is 0.350. The van der Waals surface area contributed by atoms with Crippen molar-refractivity contribution in [1.82, 2.24) is 9.62 Å². The summed E-state index contributed by atoms with van der Waals surface area (Å²) in [5, 5.41) is 13.6. The predicted octanol–water partition coefficient (Wildman–Crippen LogP) is 3.26. The molecule has 8 nitrogen and oxygen atoms in total. The quantitative estimate of drug-likeness (QED) is 0.469. The lowest BCUT2D eigenvalue weighted by Gasteiger charge is -2.22. The van der Waals surface area contributed by atoms with E-state index in [1.54, 1.807) is 0 Å². The molecule has 2 aromatic carbocycles. The number of rotatable bonds is 10. The molecule has 156 valence electrons. The third kappa shape index (κ3) is 6.10. The Balaban J connectivity index is 2.04. The summed E-state index contributed by atoms with van der Waals surface area (Å²) in [5.41, 5.74) is 0.782. The van der Waals surface area contributed by atoms with Gasteiger partial charge >= 0.3 is 0 Å². The zero-order valence-corrected chi connectivity index (χ0v) is 17.3. The van der Waals surface area contributed by atoms with Crippen LogP contribution in [-0.4, -0.2) is 36.6 Å². The molecule has 0 saturated heterocycles. The Kier molecular flexibility index (Phi) is 7.86. The first-order valence-electron chi connectivity index (χ1n) is 9.34. The Bertz CT molecular complexity index is 930. The maximum atomic E-state index is 12.9. The predicted molar refractivity (Wildman–Crippen MR) is 110 cm³/mol. The fourth-order valence-electron chi connectivity index (χ4n) is 2.86. The molecule has 9 heteroatoms. The van der Waals surface area contributed by atoms with Crippen LogP contribution in [0.5, 0.6) is 0 Å². The van der Waals surface area contributed by atoms with Crippen LogP contribution in [0.2, 0.25) is 0 Å². The molecular formula is C20H25N3O5S. The van der Waals surface area contributed by atoms with Crippen LogP contribution in [0, 0.1) is 10.1 Å². The van der Waals surface area contributed by atoms with Crippen LogP contribution in [-0.2, 0) is 14.8 Å².